The second kappa shape index (κ2) is 8.45. The predicted octanol–water partition coefficient (Wildman–Crippen LogP) is 4.10. The minimum absolute atomic E-state index is 0.0193. The van der Waals surface area contributed by atoms with Crippen LogP contribution in [-0.4, -0.2) is 36.5 Å². The van der Waals surface area contributed by atoms with Crippen molar-refractivity contribution >= 4 is 22.9 Å². The van der Waals surface area contributed by atoms with Gasteiger partial charge in [-0.15, -0.1) is 11.3 Å². The number of anilines is 1. The molecule has 1 heterocycles. The second-order valence-electron chi connectivity index (χ2n) is 6.33. The van der Waals surface area contributed by atoms with Gasteiger partial charge in [0.15, 0.2) is 0 Å². The minimum atomic E-state index is -0.0193. The molecule has 2 aromatic rings. The first-order valence-electron chi connectivity index (χ1n) is 8.40. The van der Waals surface area contributed by atoms with Gasteiger partial charge in [0.1, 0.15) is 5.75 Å². The zero-order valence-corrected chi connectivity index (χ0v) is 16.7. The number of methoxy groups -OCH3 is 1. The summed E-state index contributed by atoms with van der Waals surface area (Å²) >= 11 is 1.72. The molecule has 1 N–H and O–H groups in total. The fourth-order valence-electron chi connectivity index (χ4n) is 2.75. The summed E-state index contributed by atoms with van der Waals surface area (Å²) in [6.07, 6.45) is 0.417. The van der Waals surface area contributed by atoms with Gasteiger partial charge in [0, 0.05) is 17.8 Å². The molecule has 1 amide bonds. The highest BCUT2D eigenvalue weighted by Gasteiger charge is 2.18. The summed E-state index contributed by atoms with van der Waals surface area (Å²) in [4.78, 5) is 20.3. The lowest BCUT2D eigenvalue weighted by atomic mass is 10.2. The number of hydrogen-bond acceptors (Lipinski definition) is 5. The van der Waals surface area contributed by atoms with Gasteiger partial charge in [0.05, 0.1) is 29.5 Å². The van der Waals surface area contributed by atoms with Gasteiger partial charge in [-0.2, -0.15) is 0 Å². The molecule has 0 saturated heterocycles. The van der Waals surface area contributed by atoms with Crippen LogP contribution in [0.2, 0.25) is 0 Å². The van der Waals surface area contributed by atoms with Gasteiger partial charge in [0.2, 0.25) is 5.91 Å². The van der Waals surface area contributed by atoms with Crippen molar-refractivity contribution in [1.82, 2.24) is 9.88 Å². The zero-order chi connectivity index (χ0) is 18.6. The highest BCUT2D eigenvalue weighted by molar-refractivity contribution is 7.11. The molecule has 136 valence electrons. The quantitative estimate of drug-likeness (QED) is 0.807. The number of carbonyl (C=O) groups excluding carboxylic acids is 1. The maximum absolute atomic E-state index is 12.3. The van der Waals surface area contributed by atoms with E-state index in [2.05, 4.69) is 29.0 Å². The van der Waals surface area contributed by atoms with Crippen molar-refractivity contribution in [2.45, 2.75) is 40.2 Å². The van der Waals surface area contributed by atoms with Gasteiger partial charge in [0.25, 0.3) is 0 Å². The Labute approximate surface area is 154 Å². The molecule has 25 heavy (non-hydrogen) atoms. The highest BCUT2D eigenvalue weighted by atomic mass is 32.1. The van der Waals surface area contributed by atoms with Crippen LogP contribution in [0.25, 0.3) is 0 Å². The Morgan fingerprint density at radius 1 is 1.36 bits per heavy atom. The van der Waals surface area contributed by atoms with E-state index >= 15 is 0 Å². The number of benzene rings is 1. The molecule has 5 nitrogen and oxygen atoms in total. The molecule has 1 aromatic carbocycles. The molecular weight excluding hydrogens is 334 g/mol. The summed E-state index contributed by atoms with van der Waals surface area (Å²) in [5, 5.41) is 4.03. The van der Waals surface area contributed by atoms with Crippen molar-refractivity contribution < 1.29 is 9.53 Å². The molecule has 0 aliphatic carbocycles. The van der Waals surface area contributed by atoms with Gasteiger partial charge in [-0.05, 0) is 52.4 Å². The summed E-state index contributed by atoms with van der Waals surface area (Å²) in [5.41, 5.74) is 2.90. The Hall–Kier alpha value is -1.92. The third kappa shape index (κ3) is 5.03. The fraction of sp³-hybridized carbons (Fsp3) is 0.474. The van der Waals surface area contributed by atoms with Crippen LogP contribution < -0.4 is 10.1 Å². The monoisotopic (exact) mass is 361 g/mol. The van der Waals surface area contributed by atoms with E-state index in [0.29, 0.717) is 24.4 Å². The van der Waals surface area contributed by atoms with E-state index in [1.165, 1.54) is 4.88 Å². The van der Waals surface area contributed by atoms with Crippen LogP contribution in [0.4, 0.5) is 5.69 Å². The van der Waals surface area contributed by atoms with Crippen LogP contribution in [0.3, 0.4) is 0 Å². The average Bonchev–Trinajstić information content (AvgIpc) is 2.90. The van der Waals surface area contributed by atoms with Gasteiger partial charge < -0.3 is 10.1 Å². The van der Waals surface area contributed by atoms with E-state index in [1.807, 2.05) is 39.1 Å². The van der Waals surface area contributed by atoms with Gasteiger partial charge in [-0.25, -0.2) is 4.98 Å². The molecular formula is C19H27N3O2S. The van der Waals surface area contributed by atoms with Gasteiger partial charge >= 0.3 is 0 Å². The molecule has 1 atom stereocenters. The van der Waals surface area contributed by atoms with E-state index in [4.69, 9.17) is 4.74 Å². The summed E-state index contributed by atoms with van der Waals surface area (Å²) in [6.45, 7) is 8.90. The lowest BCUT2D eigenvalue weighted by Crippen LogP contribution is -2.27. The summed E-state index contributed by atoms with van der Waals surface area (Å²) < 4.78 is 5.31. The van der Waals surface area contributed by atoms with Crippen LogP contribution >= 0.6 is 11.3 Å². The number of nitrogens with zero attached hydrogens (tertiary/aromatic N) is 2. The first-order valence-corrected chi connectivity index (χ1v) is 9.22. The summed E-state index contributed by atoms with van der Waals surface area (Å²) in [5.74, 6) is 0.656. The third-order valence-electron chi connectivity index (χ3n) is 4.32. The normalized spacial score (nSPS) is 12.3. The summed E-state index contributed by atoms with van der Waals surface area (Å²) in [6, 6.07) is 5.94. The molecule has 1 aromatic heterocycles. The largest absolute Gasteiger partial charge is 0.495 e. The molecule has 0 fully saturated rings. The number of nitrogens with one attached hydrogen (secondary N) is 1. The highest BCUT2D eigenvalue weighted by Crippen LogP contribution is 2.27. The molecule has 0 aliphatic heterocycles. The first kappa shape index (κ1) is 19.4. The molecule has 2 rings (SSSR count). The van der Waals surface area contributed by atoms with Gasteiger partial charge in [-0.3, -0.25) is 9.69 Å². The smallest absolute Gasteiger partial charge is 0.225 e. The van der Waals surface area contributed by atoms with Crippen LogP contribution in [0.5, 0.6) is 5.75 Å². The second-order valence-corrected chi connectivity index (χ2v) is 7.74. The van der Waals surface area contributed by atoms with Crippen LogP contribution in [-0.2, 0) is 4.79 Å². The Bertz CT molecular complexity index is 742. The zero-order valence-electron chi connectivity index (χ0n) is 15.8. The molecule has 0 aliphatic rings. The van der Waals surface area contributed by atoms with Crippen molar-refractivity contribution in [3.8, 4) is 5.75 Å². The molecule has 0 spiro atoms. The van der Waals surface area contributed by atoms with Crippen molar-refractivity contribution in [2.75, 3.05) is 26.0 Å². The van der Waals surface area contributed by atoms with Crippen molar-refractivity contribution in [1.29, 1.82) is 0 Å². The molecule has 0 radical (unpaired) electrons. The molecule has 0 saturated carbocycles. The van der Waals surface area contributed by atoms with Crippen molar-refractivity contribution in [3.63, 3.8) is 0 Å². The Balaban J connectivity index is 1.93. The van der Waals surface area contributed by atoms with E-state index < -0.39 is 0 Å². The van der Waals surface area contributed by atoms with E-state index in [1.54, 1.807) is 18.4 Å². The number of aromatic nitrogens is 1. The minimum Gasteiger partial charge on any atom is -0.495 e. The third-order valence-corrected chi connectivity index (χ3v) is 5.22. The predicted molar refractivity (Wildman–Crippen MR) is 104 cm³/mol. The van der Waals surface area contributed by atoms with Crippen LogP contribution in [0.15, 0.2) is 18.2 Å². The van der Waals surface area contributed by atoms with Crippen LogP contribution in [0.1, 0.15) is 40.5 Å². The Kier molecular flexibility index (Phi) is 6.56. The topological polar surface area (TPSA) is 54.5 Å². The Morgan fingerprint density at radius 3 is 2.68 bits per heavy atom. The maximum atomic E-state index is 12.3. The number of rotatable bonds is 7. The number of hydrogen-bond donors (Lipinski definition) is 1. The van der Waals surface area contributed by atoms with Gasteiger partial charge in [-0.1, -0.05) is 6.07 Å². The summed E-state index contributed by atoms with van der Waals surface area (Å²) in [7, 11) is 3.63. The fourth-order valence-corrected chi connectivity index (χ4v) is 3.65. The molecule has 0 bridgehead atoms. The maximum Gasteiger partial charge on any atom is 0.225 e. The standard InChI is InChI=1S/C19H27N3O2S/c1-12-7-8-17(24-6)16(11-12)21-18(23)9-10-22(5)13(2)19-14(3)25-15(4)20-19/h7-8,11,13H,9-10H2,1-6H3,(H,21,23)/t13-/m1/s1. The SMILES string of the molecule is COc1ccc(C)cc1NC(=O)CCN(C)[C@H](C)c1nc(C)sc1C. The van der Waals surface area contributed by atoms with E-state index in [-0.39, 0.29) is 11.9 Å². The Morgan fingerprint density at radius 2 is 2.08 bits per heavy atom. The lowest BCUT2D eigenvalue weighted by molar-refractivity contribution is -0.116. The van der Waals surface area contributed by atoms with Crippen LogP contribution in [0, 0.1) is 20.8 Å². The van der Waals surface area contributed by atoms with Crippen molar-refractivity contribution in [2.24, 2.45) is 0 Å². The van der Waals surface area contributed by atoms with Crippen molar-refractivity contribution in [3.05, 3.63) is 39.3 Å². The van der Waals surface area contributed by atoms with E-state index in [0.717, 1.165) is 16.3 Å². The number of aryl methyl sites for hydroxylation is 3. The number of amides is 1. The number of carbonyl (C=O) groups is 1. The van der Waals surface area contributed by atoms with E-state index in [9.17, 15) is 4.79 Å². The number of ether oxygens (including phenoxy) is 1. The first-order chi connectivity index (χ1) is 11.8. The average molecular weight is 362 g/mol. The molecule has 0 unspecified atom stereocenters. The number of thiazole rings is 1. The molecule has 6 heteroatoms. The lowest BCUT2D eigenvalue weighted by Gasteiger charge is -2.23.